The van der Waals surface area contributed by atoms with Crippen LogP contribution >= 0.6 is 0 Å². The first-order valence-corrected chi connectivity index (χ1v) is 5.87. The maximum atomic E-state index is 10.8. The lowest BCUT2D eigenvalue weighted by Gasteiger charge is -2.08. The molecule has 4 heteroatoms. The third kappa shape index (κ3) is 2.06. The van der Waals surface area contributed by atoms with E-state index in [2.05, 4.69) is 0 Å². The highest BCUT2D eigenvalue weighted by molar-refractivity contribution is 7.73. The molecule has 16 heavy (non-hydrogen) atoms. The quantitative estimate of drug-likeness (QED) is 0.754. The Kier molecular flexibility index (Phi) is 2.92. The fourth-order valence-electron chi connectivity index (χ4n) is 1.58. The molecule has 0 heterocycles. The van der Waals surface area contributed by atoms with Crippen molar-refractivity contribution in [2.75, 3.05) is 0 Å². The molecule has 0 spiro atoms. The van der Waals surface area contributed by atoms with E-state index in [9.17, 15) is 13.5 Å². The average Bonchev–Trinajstić information content (AvgIpc) is 2.30. The van der Waals surface area contributed by atoms with Crippen molar-refractivity contribution >= 4 is 20.7 Å². The predicted octanol–water partition coefficient (Wildman–Crippen LogP) is 1.79. The van der Waals surface area contributed by atoms with Crippen LogP contribution in [0.3, 0.4) is 0 Å². The van der Waals surface area contributed by atoms with E-state index in [1.807, 2.05) is 6.08 Å². The summed E-state index contributed by atoms with van der Waals surface area (Å²) in [7, 11) is -2.20. The van der Waals surface area contributed by atoms with Gasteiger partial charge in [-0.25, -0.2) is 0 Å². The Labute approximate surface area is 94.9 Å². The lowest BCUT2D eigenvalue weighted by molar-refractivity contribution is 0.473. The van der Waals surface area contributed by atoms with E-state index >= 15 is 0 Å². The van der Waals surface area contributed by atoms with Gasteiger partial charge in [-0.3, -0.25) is 0 Å². The third-order valence-electron chi connectivity index (χ3n) is 2.36. The highest BCUT2D eigenvalue weighted by atomic mass is 32.2. The molecule has 0 atom stereocenters. The molecular weight excluding hydrogens is 224 g/mol. The molecule has 0 unspecified atom stereocenters. The normalized spacial score (nSPS) is 14.8. The zero-order valence-electron chi connectivity index (χ0n) is 8.42. The van der Waals surface area contributed by atoms with Gasteiger partial charge >= 0.3 is 0 Å². The number of phenolic OH excluding ortho intramolecular Hbond substituents is 1. The molecule has 0 fully saturated rings. The van der Waals surface area contributed by atoms with E-state index in [0.717, 1.165) is 0 Å². The predicted molar refractivity (Wildman–Crippen MR) is 63.8 cm³/mol. The van der Waals surface area contributed by atoms with Crippen LogP contribution in [0.15, 0.2) is 42.5 Å². The molecule has 1 aliphatic rings. The second-order valence-electron chi connectivity index (χ2n) is 3.42. The Morgan fingerprint density at radius 1 is 1.19 bits per heavy atom. The van der Waals surface area contributed by atoms with Crippen LogP contribution in [0.4, 0.5) is 0 Å². The summed E-state index contributed by atoms with van der Waals surface area (Å²) in [5.74, 6) is 0.149. The van der Waals surface area contributed by atoms with Crippen molar-refractivity contribution in [2.24, 2.45) is 0 Å². The van der Waals surface area contributed by atoms with Gasteiger partial charge in [0, 0.05) is 12.0 Å². The van der Waals surface area contributed by atoms with Gasteiger partial charge in [-0.2, -0.15) is 8.42 Å². The minimum absolute atomic E-state index is 0.149. The molecule has 1 aromatic rings. The summed E-state index contributed by atoms with van der Waals surface area (Å²) in [6.45, 7) is 0. The van der Waals surface area contributed by atoms with Crippen LogP contribution in [0.2, 0.25) is 0 Å². The molecule has 82 valence electrons. The Bertz CT molecular complexity index is 599. The van der Waals surface area contributed by atoms with E-state index in [4.69, 9.17) is 0 Å². The first-order valence-electron chi connectivity index (χ1n) is 4.80. The molecule has 0 aromatic heterocycles. The SMILES string of the molecule is O=S(=O)=C1C=C(c2ccccc2O)C=CC1. The van der Waals surface area contributed by atoms with Gasteiger partial charge < -0.3 is 5.11 Å². The first kappa shape index (κ1) is 10.7. The molecule has 2 rings (SSSR count). The van der Waals surface area contributed by atoms with Crippen molar-refractivity contribution in [1.82, 2.24) is 0 Å². The number of rotatable bonds is 1. The van der Waals surface area contributed by atoms with Gasteiger partial charge in [-0.15, -0.1) is 0 Å². The van der Waals surface area contributed by atoms with Crippen LogP contribution in [0.1, 0.15) is 12.0 Å². The van der Waals surface area contributed by atoms with Crippen molar-refractivity contribution in [3.63, 3.8) is 0 Å². The Morgan fingerprint density at radius 3 is 2.62 bits per heavy atom. The second kappa shape index (κ2) is 4.37. The van der Waals surface area contributed by atoms with Crippen LogP contribution in [0.25, 0.3) is 5.57 Å². The summed E-state index contributed by atoms with van der Waals surface area (Å²) in [6.07, 6.45) is 5.57. The second-order valence-corrected chi connectivity index (χ2v) is 4.42. The summed E-state index contributed by atoms with van der Waals surface area (Å²) >= 11 is 0. The first-order chi connectivity index (χ1) is 7.68. The highest BCUT2D eigenvalue weighted by Gasteiger charge is 2.09. The molecule has 0 amide bonds. The summed E-state index contributed by atoms with van der Waals surface area (Å²) in [6, 6.07) is 6.85. The van der Waals surface area contributed by atoms with Gasteiger partial charge in [-0.1, -0.05) is 30.4 Å². The van der Waals surface area contributed by atoms with Crippen molar-refractivity contribution in [3.05, 3.63) is 48.1 Å². The van der Waals surface area contributed by atoms with Gasteiger partial charge in [0.05, 0.1) is 4.86 Å². The van der Waals surface area contributed by atoms with Gasteiger partial charge in [0.1, 0.15) is 5.75 Å². The molecule has 3 nitrogen and oxygen atoms in total. The molecule has 0 saturated carbocycles. The molecule has 1 aromatic carbocycles. The van der Waals surface area contributed by atoms with E-state index in [0.29, 0.717) is 22.4 Å². The molecule has 0 aliphatic heterocycles. The number of hydrogen-bond acceptors (Lipinski definition) is 3. The molecule has 1 aliphatic carbocycles. The van der Waals surface area contributed by atoms with Crippen molar-refractivity contribution in [1.29, 1.82) is 0 Å². The average molecular weight is 234 g/mol. The van der Waals surface area contributed by atoms with Crippen molar-refractivity contribution < 1.29 is 13.5 Å². The number of phenols is 1. The van der Waals surface area contributed by atoms with Crippen molar-refractivity contribution in [2.45, 2.75) is 6.42 Å². The maximum Gasteiger partial charge on any atom is 0.217 e. The largest absolute Gasteiger partial charge is 0.507 e. The molecule has 0 bridgehead atoms. The highest BCUT2D eigenvalue weighted by Crippen LogP contribution is 2.27. The fraction of sp³-hybridized carbons (Fsp3) is 0.0833. The Balaban J connectivity index is 2.55. The summed E-state index contributed by atoms with van der Waals surface area (Å²) in [4.78, 5) is 0.334. The number of benzene rings is 1. The van der Waals surface area contributed by atoms with Crippen LogP contribution in [-0.2, 0) is 10.3 Å². The molecule has 1 N–H and O–H groups in total. The third-order valence-corrected chi connectivity index (χ3v) is 3.07. The van der Waals surface area contributed by atoms with E-state index in [1.165, 1.54) is 0 Å². The summed E-state index contributed by atoms with van der Waals surface area (Å²) < 4.78 is 21.7. The number of aromatic hydroxyl groups is 1. The fourth-order valence-corrected chi connectivity index (χ4v) is 2.04. The van der Waals surface area contributed by atoms with Gasteiger partial charge in [0.2, 0.25) is 10.3 Å². The minimum atomic E-state index is -2.20. The zero-order chi connectivity index (χ0) is 11.5. The van der Waals surface area contributed by atoms with Gasteiger partial charge in [-0.05, 0) is 17.7 Å². The zero-order valence-corrected chi connectivity index (χ0v) is 9.24. The summed E-state index contributed by atoms with van der Waals surface area (Å²) in [5.41, 5.74) is 1.35. The van der Waals surface area contributed by atoms with Crippen LogP contribution in [0, 0.1) is 0 Å². The van der Waals surface area contributed by atoms with Crippen LogP contribution in [0.5, 0.6) is 5.75 Å². The summed E-state index contributed by atoms with van der Waals surface area (Å²) in [5, 5.41) is 9.65. The van der Waals surface area contributed by atoms with E-state index < -0.39 is 10.3 Å². The van der Waals surface area contributed by atoms with Gasteiger partial charge in [0.15, 0.2) is 0 Å². The standard InChI is InChI=1S/C12H10O3S/c13-12-7-2-1-6-11(12)9-4-3-5-10(8-9)16(14)15/h1-4,6-8,13H,5H2. The van der Waals surface area contributed by atoms with E-state index in [-0.39, 0.29) is 5.75 Å². The monoisotopic (exact) mass is 234 g/mol. The lowest BCUT2D eigenvalue weighted by atomic mass is 9.99. The maximum absolute atomic E-state index is 10.8. The molecule has 0 radical (unpaired) electrons. The Morgan fingerprint density at radius 2 is 1.94 bits per heavy atom. The van der Waals surface area contributed by atoms with Crippen molar-refractivity contribution in [3.8, 4) is 5.75 Å². The number of hydrogen-bond donors (Lipinski definition) is 1. The number of para-hydroxylation sites is 1. The lowest BCUT2D eigenvalue weighted by Crippen LogP contribution is -1.99. The number of allylic oxidation sites excluding steroid dienone is 4. The van der Waals surface area contributed by atoms with Crippen LogP contribution < -0.4 is 0 Å². The molecule has 0 saturated heterocycles. The Hall–Kier alpha value is -1.81. The minimum Gasteiger partial charge on any atom is -0.507 e. The van der Waals surface area contributed by atoms with Gasteiger partial charge in [0.25, 0.3) is 0 Å². The smallest absolute Gasteiger partial charge is 0.217 e. The van der Waals surface area contributed by atoms with Crippen LogP contribution in [-0.4, -0.2) is 18.4 Å². The molecular formula is C12H10O3S. The van der Waals surface area contributed by atoms with E-state index in [1.54, 1.807) is 36.4 Å². The topological polar surface area (TPSA) is 54.4 Å².